The van der Waals surface area contributed by atoms with Crippen molar-refractivity contribution in [1.82, 2.24) is 9.88 Å². The lowest BCUT2D eigenvalue weighted by Crippen LogP contribution is -2.35. The molecule has 0 bridgehead atoms. The standard InChI is InChI=1S/C22H25FN4O3.C2HF3O2/c23-19-13-16(12-17(15-28)21(19)29)22(30)27-9-3-8-25(10-11-27)18-4-5-20(24-14-18)26-6-1-2-7-26;3-2(4,5)1(6)7/h4-5,12-15,29H,1-3,6-11H2;(H,6,7). The van der Waals surface area contributed by atoms with Crippen molar-refractivity contribution in [3.8, 4) is 5.75 Å². The second kappa shape index (κ2) is 11.9. The van der Waals surface area contributed by atoms with Gasteiger partial charge in [0.05, 0.1) is 17.4 Å². The molecule has 1 aromatic heterocycles. The molecule has 2 aromatic rings. The fourth-order valence-corrected chi connectivity index (χ4v) is 4.09. The Kier molecular flexibility index (Phi) is 8.90. The van der Waals surface area contributed by atoms with Crippen LogP contribution in [0.1, 0.15) is 40.0 Å². The maximum absolute atomic E-state index is 13.9. The van der Waals surface area contributed by atoms with Gasteiger partial charge < -0.3 is 24.9 Å². The van der Waals surface area contributed by atoms with Gasteiger partial charge in [0.2, 0.25) is 0 Å². The molecule has 0 spiro atoms. The number of aliphatic carboxylic acids is 1. The molecule has 0 aliphatic carbocycles. The highest BCUT2D eigenvalue weighted by Crippen LogP contribution is 2.24. The zero-order chi connectivity index (χ0) is 27.2. The van der Waals surface area contributed by atoms with Crippen LogP contribution in [0.5, 0.6) is 5.75 Å². The van der Waals surface area contributed by atoms with Gasteiger partial charge in [0, 0.05) is 44.8 Å². The minimum absolute atomic E-state index is 0.0671. The number of anilines is 2. The highest BCUT2D eigenvalue weighted by atomic mass is 19.4. The third-order valence-electron chi connectivity index (χ3n) is 6.02. The number of carbonyl (C=O) groups excluding carboxylic acids is 2. The minimum Gasteiger partial charge on any atom is -0.504 e. The molecule has 200 valence electrons. The number of carboxylic acids is 1. The molecule has 1 amide bonds. The third-order valence-corrected chi connectivity index (χ3v) is 6.02. The van der Waals surface area contributed by atoms with Gasteiger partial charge in [0.25, 0.3) is 5.91 Å². The zero-order valence-corrected chi connectivity index (χ0v) is 19.7. The van der Waals surface area contributed by atoms with Gasteiger partial charge in [-0.3, -0.25) is 9.59 Å². The topological polar surface area (TPSA) is 114 Å². The maximum Gasteiger partial charge on any atom is 0.490 e. The largest absolute Gasteiger partial charge is 0.504 e. The molecule has 2 N–H and O–H groups in total. The summed E-state index contributed by atoms with van der Waals surface area (Å²) in [5.74, 6) is -3.80. The van der Waals surface area contributed by atoms with Gasteiger partial charge in [0.1, 0.15) is 5.82 Å². The van der Waals surface area contributed by atoms with E-state index >= 15 is 0 Å². The lowest BCUT2D eigenvalue weighted by atomic mass is 10.1. The molecule has 2 fully saturated rings. The summed E-state index contributed by atoms with van der Waals surface area (Å²) >= 11 is 0. The van der Waals surface area contributed by atoms with Crippen molar-refractivity contribution < 1.29 is 42.2 Å². The zero-order valence-electron chi connectivity index (χ0n) is 19.7. The summed E-state index contributed by atoms with van der Waals surface area (Å²) in [6.07, 6.45) is 0.326. The van der Waals surface area contributed by atoms with Crippen molar-refractivity contribution in [3.63, 3.8) is 0 Å². The van der Waals surface area contributed by atoms with Crippen molar-refractivity contribution >= 4 is 29.7 Å². The van der Waals surface area contributed by atoms with Gasteiger partial charge in [-0.1, -0.05) is 0 Å². The highest BCUT2D eigenvalue weighted by Gasteiger charge is 2.38. The maximum atomic E-state index is 13.9. The van der Waals surface area contributed by atoms with E-state index in [1.54, 1.807) is 4.90 Å². The molecule has 0 unspecified atom stereocenters. The van der Waals surface area contributed by atoms with E-state index in [-0.39, 0.29) is 17.0 Å². The first-order valence-corrected chi connectivity index (χ1v) is 11.5. The number of carbonyl (C=O) groups is 3. The van der Waals surface area contributed by atoms with Crippen LogP contribution < -0.4 is 9.80 Å². The van der Waals surface area contributed by atoms with Gasteiger partial charge in [-0.15, -0.1) is 0 Å². The van der Waals surface area contributed by atoms with Crippen molar-refractivity contribution in [2.45, 2.75) is 25.4 Å². The van der Waals surface area contributed by atoms with Crippen molar-refractivity contribution in [2.75, 3.05) is 49.1 Å². The predicted molar refractivity (Wildman–Crippen MR) is 126 cm³/mol. The van der Waals surface area contributed by atoms with Gasteiger partial charge in [0.15, 0.2) is 17.9 Å². The summed E-state index contributed by atoms with van der Waals surface area (Å²) in [6.45, 7) is 4.54. The molecule has 1 aromatic carbocycles. The van der Waals surface area contributed by atoms with Crippen molar-refractivity contribution in [1.29, 1.82) is 0 Å². The van der Waals surface area contributed by atoms with Crippen LogP contribution in [-0.4, -0.2) is 83.7 Å². The average Bonchev–Trinajstić information content (AvgIpc) is 3.30. The lowest BCUT2D eigenvalue weighted by molar-refractivity contribution is -0.192. The van der Waals surface area contributed by atoms with Gasteiger partial charge in [-0.05, 0) is 43.5 Å². The number of carboxylic acid groups (broad SMARTS) is 1. The molecular weight excluding hydrogens is 500 g/mol. The van der Waals surface area contributed by atoms with Crippen LogP contribution in [-0.2, 0) is 4.79 Å². The number of aromatic nitrogens is 1. The van der Waals surface area contributed by atoms with Gasteiger partial charge >= 0.3 is 12.1 Å². The Bertz CT molecular complexity index is 1120. The molecule has 0 radical (unpaired) electrons. The fourth-order valence-electron chi connectivity index (χ4n) is 4.09. The third kappa shape index (κ3) is 7.08. The molecule has 0 saturated carbocycles. The summed E-state index contributed by atoms with van der Waals surface area (Å²) in [5.41, 5.74) is 0.864. The Morgan fingerprint density at radius 2 is 1.59 bits per heavy atom. The molecule has 37 heavy (non-hydrogen) atoms. The fraction of sp³-hybridized carbons (Fsp3) is 0.417. The van der Waals surface area contributed by atoms with Crippen LogP contribution in [0.25, 0.3) is 0 Å². The molecule has 0 atom stereocenters. The molecule has 2 aliphatic rings. The quantitative estimate of drug-likeness (QED) is 0.461. The monoisotopic (exact) mass is 526 g/mol. The van der Waals surface area contributed by atoms with E-state index in [1.165, 1.54) is 18.9 Å². The number of hydrogen-bond donors (Lipinski definition) is 2. The smallest absolute Gasteiger partial charge is 0.490 e. The van der Waals surface area contributed by atoms with E-state index in [0.29, 0.717) is 25.9 Å². The Balaban J connectivity index is 0.000000479. The number of pyridine rings is 1. The number of alkyl halides is 3. The first-order valence-electron chi connectivity index (χ1n) is 11.5. The number of rotatable bonds is 4. The molecule has 2 aliphatic heterocycles. The molecule has 2 saturated heterocycles. The van der Waals surface area contributed by atoms with E-state index in [0.717, 1.165) is 43.6 Å². The Morgan fingerprint density at radius 3 is 2.16 bits per heavy atom. The van der Waals surface area contributed by atoms with E-state index in [4.69, 9.17) is 9.90 Å². The first kappa shape index (κ1) is 27.7. The van der Waals surface area contributed by atoms with Gasteiger partial charge in [-0.25, -0.2) is 14.2 Å². The summed E-state index contributed by atoms with van der Waals surface area (Å²) in [6, 6.07) is 6.34. The van der Waals surface area contributed by atoms with Crippen molar-refractivity contribution in [2.24, 2.45) is 0 Å². The molecule has 4 rings (SSSR count). The Labute approximate surface area is 209 Å². The summed E-state index contributed by atoms with van der Waals surface area (Å²) in [7, 11) is 0. The lowest BCUT2D eigenvalue weighted by Gasteiger charge is -2.24. The summed E-state index contributed by atoms with van der Waals surface area (Å²) in [4.78, 5) is 43.5. The van der Waals surface area contributed by atoms with E-state index < -0.39 is 23.7 Å². The number of phenolic OH excluding ortho intramolecular Hbond substituents is 1. The number of aldehydes is 1. The minimum atomic E-state index is -5.08. The SMILES string of the molecule is O=C(O)C(F)(F)F.O=Cc1cc(C(=O)N2CCCN(c3ccc(N4CCCC4)nc3)CC2)cc(F)c1O. The first-order chi connectivity index (χ1) is 17.5. The predicted octanol–water partition coefficient (Wildman–Crippen LogP) is 3.32. The molecule has 13 heteroatoms. The summed E-state index contributed by atoms with van der Waals surface area (Å²) < 4.78 is 45.6. The van der Waals surface area contributed by atoms with E-state index in [1.807, 2.05) is 6.20 Å². The van der Waals surface area contributed by atoms with Crippen LogP contribution in [0.4, 0.5) is 29.1 Å². The number of benzene rings is 1. The number of amides is 1. The van der Waals surface area contributed by atoms with Crippen LogP contribution >= 0.6 is 0 Å². The number of aromatic hydroxyl groups is 1. The average molecular weight is 526 g/mol. The van der Waals surface area contributed by atoms with Crippen LogP contribution in [0.2, 0.25) is 0 Å². The molecule has 3 heterocycles. The Hall–Kier alpha value is -3.90. The Morgan fingerprint density at radius 1 is 0.946 bits per heavy atom. The van der Waals surface area contributed by atoms with E-state index in [9.17, 15) is 32.3 Å². The number of phenols is 1. The second-order valence-electron chi connectivity index (χ2n) is 8.52. The van der Waals surface area contributed by atoms with Crippen LogP contribution in [0.15, 0.2) is 30.5 Å². The van der Waals surface area contributed by atoms with Crippen LogP contribution in [0, 0.1) is 5.82 Å². The normalized spacial score (nSPS) is 16.1. The molecular formula is C24H26F4N4O5. The second-order valence-corrected chi connectivity index (χ2v) is 8.52. The van der Waals surface area contributed by atoms with Gasteiger partial charge in [-0.2, -0.15) is 13.2 Å². The van der Waals surface area contributed by atoms with Crippen molar-refractivity contribution in [3.05, 3.63) is 47.4 Å². The van der Waals surface area contributed by atoms with Crippen LogP contribution in [0.3, 0.4) is 0 Å². The van der Waals surface area contributed by atoms with E-state index in [2.05, 4.69) is 26.9 Å². The summed E-state index contributed by atoms with van der Waals surface area (Å²) in [5, 5.41) is 16.7. The number of hydrogen-bond acceptors (Lipinski definition) is 7. The number of halogens is 4. The highest BCUT2D eigenvalue weighted by molar-refractivity contribution is 5.96. The number of nitrogens with zero attached hydrogens (tertiary/aromatic N) is 4. The molecule has 9 nitrogen and oxygen atoms in total.